The van der Waals surface area contributed by atoms with Gasteiger partial charge in [0.25, 0.3) is 0 Å². The van der Waals surface area contributed by atoms with Gasteiger partial charge in [0.15, 0.2) is 0 Å². The molecule has 0 aliphatic heterocycles. The number of aliphatic hydroxyl groups excluding tert-OH is 1. The SMILES string of the molecule is CC(C)C(Br)C(=O)NCC(O)CC(C)(C)C. The molecule has 2 N–H and O–H groups in total. The molecule has 1 amide bonds. The molecule has 0 aliphatic rings. The van der Waals surface area contributed by atoms with Gasteiger partial charge in [0.2, 0.25) is 5.91 Å². The molecule has 0 radical (unpaired) electrons. The number of nitrogens with one attached hydrogen (secondary N) is 1. The Morgan fingerprint density at radius 1 is 1.38 bits per heavy atom. The van der Waals surface area contributed by atoms with Crippen LogP contribution in [-0.2, 0) is 4.79 Å². The van der Waals surface area contributed by atoms with Gasteiger partial charge < -0.3 is 10.4 Å². The van der Waals surface area contributed by atoms with Gasteiger partial charge in [-0.15, -0.1) is 0 Å². The van der Waals surface area contributed by atoms with Crippen molar-refractivity contribution in [3.05, 3.63) is 0 Å². The Kier molecular flexibility index (Phi) is 6.56. The first kappa shape index (κ1) is 15.9. The summed E-state index contributed by atoms with van der Waals surface area (Å²) in [5.74, 6) is 0.197. The highest BCUT2D eigenvalue weighted by Gasteiger charge is 2.21. The zero-order valence-electron chi connectivity index (χ0n) is 10.9. The van der Waals surface area contributed by atoms with Crippen LogP contribution in [0.25, 0.3) is 0 Å². The molecule has 0 rings (SSSR count). The van der Waals surface area contributed by atoms with Crippen LogP contribution in [0.4, 0.5) is 0 Å². The molecule has 0 spiro atoms. The summed E-state index contributed by atoms with van der Waals surface area (Å²) in [5, 5.41) is 12.5. The van der Waals surface area contributed by atoms with E-state index in [0.29, 0.717) is 13.0 Å². The third kappa shape index (κ3) is 7.23. The molecule has 0 aliphatic carbocycles. The molecule has 4 heteroatoms. The van der Waals surface area contributed by atoms with Gasteiger partial charge in [-0.2, -0.15) is 0 Å². The van der Waals surface area contributed by atoms with Gasteiger partial charge in [0, 0.05) is 6.54 Å². The smallest absolute Gasteiger partial charge is 0.234 e. The standard InChI is InChI=1S/C12H24BrNO2/c1-8(2)10(13)11(16)14-7-9(15)6-12(3,4)5/h8-10,15H,6-7H2,1-5H3,(H,14,16). The molecule has 0 fully saturated rings. The molecule has 0 bridgehead atoms. The maximum Gasteiger partial charge on any atom is 0.234 e. The average Bonchev–Trinajstić information content (AvgIpc) is 2.09. The first-order chi connectivity index (χ1) is 7.13. The fourth-order valence-electron chi connectivity index (χ4n) is 1.40. The van der Waals surface area contributed by atoms with Gasteiger partial charge in [-0.05, 0) is 17.8 Å². The molecular weight excluding hydrogens is 270 g/mol. The van der Waals surface area contributed by atoms with Gasteiger partial charge in [-0.1, -0.05) is 50.5 Å². The second kappa shape index (κ2) is 6.60. The van der Waals surface area contributed by atoms with Gasteiger partial charge >= 0.3 is 0 Å². The van der Waals surface area contributed by atoms with Gasteiger partial charge in [-0.25, -0.2) is 0 Å². The van der Waals surface area contributed by atoms with Crippen LogP contribution in [0, 0.1) is 11.3 Å². The number of hydrogen-bond acceptors (Lipinski definition) is 2. The van der Waals surface area contributed by atoms with Gasteiger partial charge in [0.05, 0.1) is 10.9 Å². The van der Waals surface area contributed by atoms with Crippen molar-refractivity contribution < 1.29 is 9.90 Å². The Morgan fingerprint density at radius 2 is 1.88 bits per heavy atom. The van der Waals surface area contributed by atoms with Crippen molar-refractivity contribution in [2.75, 3.05) is 6.54 Å². The number of rotatable bonds is 5. The predicted molar refractivity (Wildman–Crippen MR) is 70.6 cm³/mol. The van der Waals surface area contributed by atoms with Crippen molar-refractivity contribution in [2.45, 2.75) is 52.0 Å². The van der Waals surface area contributed by atoms with Crippen LogP contribution >= 0.6 is 15.9 Å². The zero-order valence-corrected chi connectivity index (χ0v) is 12.5. The minimum atomic E-state index is -0.476. The number of amides is 1. The fourth-order valence-corrected chi connectivity index (χ4v) is 1.56. The Labute approximate surface area is 107 Å². The van der Waals surface area contributed by atoms with Crippen LogP contribution in [0.1, 0.15) is 41.0 Å². The lowest BCUT2D eigenvalue weighted by Crippen LogP contribution is -2.39. The van der Waals surface area contributed by atoms with Crippen LogP contribution in [0.15, 0.2) is 0 Å². The number of carbonyl (C=O) groups is 1. The highest BCUT2D eigenvalue weighted by Crippen LogP contribution is 2.20. The van der Waals surface area contributed by atoms with Gasteiger partial charge in [-0.3, -0.25) is 4.79 Å². The number of hydrogen-bond donors (Lipinski definition) is 2. The van der Waals surface area contributed by atoms with Crippen LogP contribution in [-0.4, -0.2) is 28.5 Å². The van der Waals surface area contributed by atoms with Crippen molar-refractivity contribution >= 4 is 21.8 Å². The third-order valence-electron chi connectivity index (χ3n) is 2.20. The first-order valence-electron chi connectivity index (χ1n) is 5.73. The second-order valence-corrected chi connectivity index (χ2v) is 6.80. The van der Waals surface area contributed by atoms with E-state index >= 15 is 0 Å². The highest BCUT2D eigenvalue weighted by atomic mass is 79.9. The van der Waals surface area contributed by atoms with E-state index in [2.05, 4.69) is 42.0 Å². The monoisotopic (exact) mass is 293 g/mol. The number of aliphatic hydroxyl groups is 1. The molecule has 0 aromatic rings. The minimum absolute atomic E-state index is 0.0528. The lowest BCUT2D eigenvalue weighted by Gasteiger charge is -2.23. The first-order valence-corrected chi connectivity index (χ1v) is 6.65. The summed E-state index contributed by atoms with van der Waals surface area (Å²) < 4.78 is 0. The molecule has 2 atom stereocenters. The lowest BCUT2D eigenvalue weighted by molar-refractivity contribution is -0.121. The van der Waals surface area contributed by atoms with Crippen molar-refractivity contribution in [1.82, 2.24) is 5.32 Å². The number of halogens is 1. The maximum atomic E-state index is 11.6. The molecule has 0 heterocycles. The van der Waals surface area contributed by atoms with Crippen molar-refractivity contribution in [3.63, 3.8) is 0 Å². The van der Waals surface area contributed by atoms with Crippen LogP contribution in [0.3, 0.4) is 0 Å². The fraction of sp³-hybridized carbons (Fsp3) is 0.917. The molecule has 0 aromatic heterocycles. The second-order valence-electron chi connectivity index (χ2n) is 5.81. The van der Waals surface area contributed by atoms with E-state index in [1.165, 1.54) is 0 Å². The minimum Gasteiger partial charge on any atom is -0.391 e. The zero-order chi connectivity index (χ0) is 12.9. The van der Waals surface area contributed by atoms with E-state index in [9.17, 15) is 9.90 Å². The Balaban J connectivity index is 3.93. The van der Waals surface area contributed by atoms with Crippen molar-refractivity contribution in [2.24, 2.45) is 11.3 Å². The summed E-state index contributed by atoms with van der Waals surface area (Å²) in [5.41, 5.74) is 0.0794. The molecule has 0 saturated heterocycles. The largest absolute Gasteiger partial charge is 0.391 e. The Bertz CT molecular complexity index is 224. The summed E-state index contributed by atoms with van der Waals surface area (Å²) in [6.07, 6.45) is 0.206. The molecular formula is C12H24BrNO2. The van der Waals surface area contributed by atoms with E-state index in [0.717, 1.165) is 0 Å². The topological polar surface area (TPSA) is 49.3 Å². The van der Waals surface area contributed by atoms with Crippen molar-refractivity contribution in [3.8, 4) is 0 Å². The van der Waals surface area contributed by atoms with E-state index in [1.807, 2.05) is 13.8 Å². The molecule has 96 valence electrons. The average molecular weight is 294 g/mol. The summed E-state index contributed by atoms with van der Waals surface area (Å²) in [7, 11) is 0. The van der Waals surface area contributed by atoms with Crippen LogP contribution < -0.4 is 5.32 Å². The highest BCUT2D eigenvalue weighted by molar-refractivity contribution is 9.10. The molecule has 0 saturated carbocycles. The van der Waals surface area contributed by atoms with E-state index in [1.54, 1.807) is 0 Å². The third-order valence-corrected chi connectivity index (χ3v) is 3.67. The Hall–Kier alpha value is -0.0900. The molecule has 2 unspecified atom stereocenters. The van der Waals surface area contributed by atoms with Crippen LogP contribution in [0.5, 0.6) is 0 Å². The van der Waals surface area contributed by atoms with E-state index in [-0.39, 0.29) is 22.1 Å². The van der Waals surface area contributed by atoms with Crippen LogP contribution in [0.2, 0.25) is 0 Å². The summed E-state index contributed by atoms with van der Waals surface area (Å²) in [6, 6.07) is 0. The normalized spacial score (nSPS) is 16.0. The summed E-state index contributed by atoms with van der Waals surface area (Å²) >= 11 is 3.33. The molecule has 16 heavy (non-hydrogen) atoms. The van der Waals surface area contributed by atoms with Gasteiger partial charge in [0.1, 0.15) is 0 Å². The quantitative estimate of drug-likeness (QED) is 0.765. The molecule has 3 nitrogen and oxygen atoms in total. The summed E-state index contributed by atoms with van der Waals surface area (Å²) in [6.45, 7) is 10.5. The predicted octanol–water partition coefficient (Wildman–Crippen LogP) is 2.32. The Morgan fingerprint density at radius 3 is 2.25 bits per heavy atom. The maximum absolute atomic E-state index is 11.6. The lowest BCUT2D eigenvalue weighted by atomic mass is 9.89. The summed E-state index contributed by atoms with van der Waals surface area (Å²) in [4.78, 5) is 11.4. The van der Waals surface area contributed by atoms with Crippen molar-refractivity contribution in [1.29, 1.82) is 0 Å². The van der Waals surface area contributed by atoms with E-state index in [4.69, 9.17) is 0 Å². The molecule has 0 aromatic carbocycles. The number of carbonyl (C=O) groups excluding carboxylic acids is 1. The van der Waals surface area contributed by atoms with E-state index < -0.39 is 6.10 Å². The number of alkyl halides is 1.